The van der Waals surface area contributed by atoms with E-state index in [1.165, 1.54) is 12.1 Å². The van der Waals surface area contributed by atoms with E-state index in [0.717, 1.165) is 19.3 Å². The maximum Gasteiger partial charge on any atom is 0.225 e. The highest BCUT2D eigenvalue weighted by atomic mass is 19.1. The van der Waals surface area contributed by atoms with Gasteiger partial charge in [0.2, 0.25) is 5.91 Å². The van der Waals surface area contributed by atoms with Gasteiger partial charge in [0.05, 0.1) is 6.54 Å². The van der Waals surface area contributed by atoms with E-state index in [1.807, 2.05) is 4.90 Å². The molecule has 0 spiro atoms. The maximum absolute atomic E-state index is 13.0. The fraction of sp³-hybridized carbons (Fsp3) is 0.611. The van der Waals surface area contributed by atoms with Crippen molar-refractivity contribution in [2.24, 2.45) is 5.92 Å². The van der Waals surface area contributed by atoms with Gasteiger partial charge in [0.15, 0.2) is 0 Å². The van der Waals surface area contributed by atoms with Gasteiger partial charge in [-0.2, -0.15) is 0 Å². The standard InChI is InChI=1S/C18H24FNO4/c1-22-18(13-24-16-4-2-15(19)3-5-16)8-9-20(12-18)17(21)14-6-10-23-11-7-14/h2-5,14H,6-13H2,1H3. The van der Waals surface area contributed by atoms with E-state index in [0.29, 0.717) is 38.7 Å². The number of carbonyl (C=O) groups is 1. The Balaban J connectivity index is 1.57. The van der Waals surface area contributed by atoms with Crippen molar-refractivity contribution in [3.05, 3.63) is 30.1 Å². The third-order valence-electron chi connectivity index (χ3n) is 4.95. The lowest BCUT2D eigenvalue weighted by Gasteiger charge is -2.30. The summed E-state index contributed by atoms with van der Waals surface area (Å²) < 4.78 is 29.7. The first-order chi connectivity index (χ1) is 11.6. The van der Waals surface area contributed by atoms with Gasteiger partial charge in [-0.3, -0.25) is 4.79 Å². The molecule has 0 aliphatic carbocycles. The molecular weight excluding hydrogens is 313 g/mol. The van der Waals surface area contributed by atoms with Gasteiger partial charge in [-0.1, -0.05) is 0 Å². The lowest BCUT2D eigenvalue weighted by molar-refractivity contribution is -0.139. The molecule has 2 aliphatic rings. The van der Waals surface area contributed by atoms with E-state index in [1.54, 1.807) is 19.2 Å². The Morgan fingerprint density at radius 1 is 1.33 bits per heavy atom. The van der Waals surface area contributed by atoms with Gasteiger partial charge < -0.3 is 19.1 Å². The van der Waals surface area contributed by atoms with Crippen LogP contribution in [0.2, 0.25) is 0 Å². The molecule has 1 unspecified atom stereocenters. The second-order valence-electron chi connectivity index (χ2n) is 6.53. The second kappa shape index (κ2) is 7.49. The summed E-state index contributed by atoms with van der Waals surface area (Å²) in [6, 6.07) is 5.92. The van der Waals surface area contributed by atoms with Gasteiger partial charge in [-0.15, -0.1) is 0 Å². The highest BCUT2D eigenvalue weighted by molar-refractivity contribution is 5.79. The Labute approximate surface area is 141 Å². The molecule has 0 N–H and O–H groups in total. The molecule has 24 heavy (non-hydrogen) atoms. The largest absolute Gasteiger partial charge is 0.491 e. The zero-order valence-corrected chi connectivity index (χ0v) is 14.0. The predicted molar refractivity (Wildman–Crippen MR) is 86.4 cm³/mol. The summed E-state index contributed by atoms with van der Waals surface area (Å²) in [4.78, 5) is 14.5. The molecular formula is C18H24FNO4. The van der Waals surface area contributed by atoms with Gasteiger partial charge in [-0.25, -0.2) is 4.39 Å². The highest BCUT2D eigenvalue weighted by Crippen LogP contribution is 2.29. The zero-order valence-electron chi connectivity index (χ0n) is 14.0. The SMILES string of the molecule is COC1(COc2ccc(F)cc2)CCN(C(=O)C2CCOCC2)C1. The number of nitrogens with zero attached hydrogens (tertiary/aromatic N) is 1. The van der Waals surface area contributed by atoms with E-state index in [-0.39, 0.29) is 17.6 Å². The summed E-state index contributed by atoms with van der Waals surface area (Å²) in [5, 5.41) is 0. The van der Waals surface area contributed by atoms with Gasteiger partial charge in [0, 0.05) is 32.8 Å². The molecule has 132 valence electrons. The van der Waals surface area contributed by atoms with Crippen LogP contribution in [0.25, 0.3) is 0 Å². The minimum Gasteiger partial charge on any atom is -0.491 e. The van der Waals surface area contributed by atoms with Crippen molar-refractivity contribution >= 4 is 5.91 Å². The number of hydrogen-bond acceptors (Lipinski definition) is 4. The van der Waals surface area contributed by atoms with E-state index < -0.39 is 5.60 Å². The van der Waals surface area contributed by atoms with Crippen LogP contribution in [0.1, 0.15) is 19.3 Å². The fourth-order valence-corrected chi connectivity index (χ4v) is 3.32. The maximum atomic E-state index is 13.0. The summed E-state index contributed by atoms with van der Waals surface area (Å²) in [5.74, 6) is 0.559. The lowest BCUT2D eigenvalue weighted by Crippen LogP contribution is -2.44. The first-order valence-electron chi connectivity index (χ1n) is 8.42. The summed E-state index contributed by atoms with van der Waals surface area (Å²) in [6.45, 7) is 2.87. The minimum absolute atomic E-state index is 0.0597. The van der Waals surface area contributed by atoms with Gasteiger partial charge in [0.25, 0.3) is 0 Å². The van der Waals surface area contributed by atoms with Crippen LogP contribution < -0.4 is 4.74 Å². The molecule has 2 heterocycles. The van der Waals surface area contributed by atoms with Crippen LogP contribution in [0.4, 0.5) is 4.39 Å². The van der Waals surface area contributed by atoms with Gasteiger partial charge in [-0.05, 0) is 43.5 Å². The Morgan fingerprint density at radius 3 is 2.71 bits per heavy atom. The van der Waals surface area contributed by atoms with Crippen molar-refractivity contribution in [2.45, 2.75) is 24.9 Å². The number of rotatable bonds is 5. The van der Waals surface area contributed by atoms with Gasteiger partial charge >= 0.3 is 0 Å². The Bertz CT molecular complexity index is 559. The molecule has 2 aliphatic heterocycles. The molecule has 1 aromatic rings. The number of ether oxygens (including phenoxy) is 3. The van der Waals surface area contributed by atoms with Crippen molar-refractivity contribution in [1.82, 2.24) is 4.90 Å². The predicted octanol–water partition coefficient (Wildman–Crippen LogP) is 2.25. The smallest absolute Gasteiger partial charge is 0.225 e. The molecule has 2 fully saturated rings. The third kappa shape index (κ3) is 3.87. The van der Waals surface area contributed by atoms with E-state index in [4.69, 9.17) is 14.2 Å². The summed E-state index contributed by atoms with van der Waals surface area (Å²) in [5.41, 5.74) is -0.505. The monoisotopic (exact) mass is 337 g/mol. The summed E-state index contributed by atoms with van der Waals surface area (Å²) in [6.07, 6.45) is 2.32. The fourth-order valence-electron chi connectivity index (χ4n) is 3.32. The minimum atomic E-state index is -0.505. The number of likely N-dealkylation sites (tertiary alicyclic amines) is 1. The van der Waals surface area contributed by atoms with Crippen molar-refractivity contribution in [3.8, 4) is 5.75 Å². The van der Waals surface area contributed by atoms with Crippen LogP contribution in [0.15, 0.2) is 24.3 Å². The molecule has 3 rings (SSSR count). The number of benzene rings is 1. The average Bonchev–Trinajstić information content (AvgIpc) is 3.06. The van der Waals surface area contributed by atoms with Crippen LogP contribution in [0.3, 0.4) is 0 Å². The lowest BCUT2D eigenvalue weighted by atomic mass is 9.98. The zero-order chi connectivity index (χ0) is 17.0. The molecule has 0 aromatic heterocycles. The Hall–Kier alpha value is -1.66. The van der Waals surface area contributed by atoms with E-state index >= 15 is 0 Å². The molecule has 0 saturated carbocycles. The number of halogens is 1. The van der Waals surface area contributed by atoms with E-state index in [9.17, 15) is 9.18 Å². The van der Waals surface area contributed by atoms with Crippen LogP contribution in [-0.2, 0) is 14.3 Å². The van der Waals surface area contributed by atoms with Crippen molar-refractivity contribution in [3.63, 3.8) is 0 Å². The number of hydrogen-bond donors (Lipinski definition) is 0. The normalized spacial score (nSPS) is 25.0. The van der Waals surface area contributed by atoms with Crippen LogP contribution in [0, 0.1) is 11.7 Å². The van der Waals surface area contributed by atoms with Crippen LogP contribution >= 0.6 is 0 Å². The number of methoxy groups -OCH3 is 1. The van der Waals surface area contributed by atoms with Crippen molar-refractivity contribution in [1.29, 1.82) is 0 Å². The highest BCUT2D eigenvalue weighted by Gasteiger charge is 2.42. The van der Waals surface area contributed by atoms with Crippen molar-refractivity contribution in [2.75, 3.05) is 40.0 Å². The quantitative estimate of drug-likeness (QED) is 0.827. The third-order valence-corrected chi connectivity index (χ3v) is 4.95. The average molecular weight is 337 g/mol. The summed E-state index contributed by atoms with van der Waals surface area (Å²) >= 11 is 0. The molecule has 1 atom stereocenters. The molecule has 2 saturated heterocycles. The molecule has 6 heteroatoms. The molecule has 0 radical (unpaired) electrons. The molecule has 0 bridgehead atoms. The second-order valence-corrected chi connectivity index (χ2v) is 6.53. The van der Waals surface area contributed by atoms with Gasteiger partial charge in [0.1, 0.15) is 23.8 Å². The number of carbonyl (C=O) groups excluding carboxylic acids is 1. The molecule has 1 amide bonds. The summed E-state index contributed by atoms with van der Waals surface area (Å²) in [7, 11) is 1.65. The molecule has 1 aromatic carbocycles. The molecule has 5 nitrogen and oxygen atoms in total. The van der Waals surface area contributed by atoms with E-state index in [2.05, 4.69) is 0 Å². The first-order valence-corrected chi connectivity index (χ1v) is 8.42. The first kappa shape index (κ1) is 17.2. The van der Waals surface area contributed by atoms with Crippen LogP contribution in [0.5, 0.6) is 5.75 Å². The topological polar surface area (TPSA) is 48.0 Å². The number of amides is 1. The van der Waals surface area contributed by atoms with Crippen molar-refractivity contribution < 1.29 is 23.4 Å². The van der Waals surface area contributed by atoms with Crippen LogP contribution in [-0.4, -0.2) is 56.4 Å². The Morgan fingerprint density at radius 2 is 2.04 bits per heavy atom. The Kier molecular flexibility index (Phi) is 5.36.